The van der Waals surface area contributed by atoms with Gasteiger partial charge in [-0.25, -0.2) is 0 Å². The molecule has 0 unspecified atom stereocenters. The van der Waals surface area contributed by atoms with E-state index >= 15 is 0 Å². The summed E-state index contributed by atoms with van der Waals surface area (Å²) in [4.78, 5) is 28.7. The third-order valence-electron chi connectivity index (χ3n) is 2.25. The van der Waals surface area contributed by atoms with Crippen LogP contribution >= 0.6 is 12.2 Å². The first-order valence-electron chi connectivity index (χ1n) is 5.20. The second-order valence-electron chi connectivity index (χ2n) is 3.45. The van der Waals surface area contributed by atoms with Crippen LogP contribution in [0, 0.1) is 18.3 Å². The first-order chi connectivity index (χ1) is 8.61. The summed E-state index contributed by atoms with van der Waals surface area (Å²) in [5, 5.41) is 2.53. The molecular formula is C11H13N3O3S. The van der Waals surface area contributed by atoms with E-state index in [4.69, 9.17) is 23.4 Å². The summed E-state index contributed by atoms with van der Waals surface area (Å²) in [6, 6.07) is 0. The highest BCUT2D eigenvalue weighted by molar-refractivity contribution is 7.80. The maximum atomic E-state index is 12.0. The molecule has 0 bridgehead atoms. The SMILES string of the molecule is C#CCN=C[C@@H]1C(=O)NC(=S)N(CCOC)C1=O. The maximum absolute atomic E-state index is 12.0. The zero-order chi connectivity index (χ0) is 13.5. The van der Waals surface area contributed by atoms with Crippen LogP contribution in [-0.2, 0) is 14.3 Å². The number of nitrogens with one attached hydrogen (secondary N) is 1. The van der Waals surface area contributed by atoms with Crippen LogP contribution in [0.15, 0.2) is 4.99 Å². The van der Waals surface area contributed by atoms with Gasteiger partial charge >= 0.3 is 0 Å². The Labute approximate surface area is 110 Å². The Morgan fingerprint density at radius 3 is 3.00 bits per heavy atom. The lowest BCUT2D eigenvalue weighted by molar-refractivity contribution is -0.138. The summed E-state index contributed by atoms with van der Waals surface area (Å²) in [6.07, 6.45) is 6.28. The van der Waals surface area contributed by atoms with Crippen molar-refractivity contribution in [3.63, 3.8) is 0 Å². The molecule has 0 saturated carbocycles. The summed E-state index contributed by atoms with van der Waals surface area (Å²) in [5.74, 6) is 0.405. The number of aliphatic imine (C=N–C) groups is 1. The summed E-state index contributed by atoms with van der Waals surface area (Å²) >= 11 is 4.92. The number of ether oxygens (including phenoxy) is 1. The molecule has 1 saturated heterocycles. The molecule has 1 rings (SSSR count). The van der Waals surface area contributed by atoms with Gasteiger partial charge in [0.1, 0.15) is 0 Å². The highest BCUT2D eigenvalue weighted by Crippen LogP contribution is 2.09. The van der Waals surface area contributed by atoms with E-state index in [0.717, 1.165) is 0 Å². The Hall–Kier alpha value is -1.78. The minimum Gasteiger partial charge on any atom is -0.383 e. The van der Waals surface area contributed by atoms with Crippen molar-refractivity contribution in [3.8, 4) is 12.3 Å². The summed E-state index contributed by atoms with van der Waals surface area (Å²) in [7, 11) is 1.52. The fourth-order valence-corrected chi connectivity index (χ4v) is 1.65. The van der Waals surface area contributed by atoms with Crippen LogP contribution in [0.1, 0.15) is 0 Å². The summed E-state index contributed by atoms with van der Waals surface area (Å²) in [5.41, 5.74) is 0. The van der Waals surface area contributed by atoms with Crippen molar-refractivity contribution < 1.29 is 14.3 Å². The molecule has 1 atom stereocenters. The molecule has 6 nitrogen and oxygen atoms in total. The number of nitrogens with zero attached hydrogens (tertiary/aromatic N) is 2. The van der Waals surface area contributed by atoms with Gasteiger partial charge in [0, 0.05) is 13.3 Å². The molecular weight excluding hydrogens is 254 g/mol. The molecule has 0 aromatic carbocycles. The van der Waals surface area contributed by atoms with E-state index in [2.05, 4.69) is 16.2 Å². The van der Waals surface area contributed by atoms with Gasteiger partial charge in [0.15, 0.2) is 11.0 Å². The highest BCUT2D eigenvalue weighted by atomic mass is 32.1. The normalized spacial score (nSPS) is 20.1. The van der Waals surface area contributed by atoms with Crippen molar-refractivity contribution in [1.29, 1.82) is 0 Å². The van der Waals surface area contributed by atoms with Gasteiger partial charge in [-0.1, -0.05) is 5.92 Å². The molecule has 96 valence electrons. The molecule has 0 aromatic rings. The topological polar surface area (TPSA) is 71.0 Å². The van der Waals surface area contributed by atoms with E-state index < -0.39 is 17.7 Å². The van der Waals surface area contributed by atoms with E-state index in [-0.39, 0.29) is 18.2 Å². The van der Waals surface area contributed by atoms with Crippen molar-refractivity contribution >= 4 is 35.4 Å². The van der Waals surface area contributed by atoms with Crippen LogP contribution in [0.3, 0.4) is 0 Å². The quantitative estimate of drug-likeness (QED) is 0.306. The zero-order valence-electron chi connectivity index (χ0n) is 9.88. The van der Waals surface area contributed by atoms with E-state index in [0.29, 0.717) is 6.61 Å². The molecule has 18 heavy (non-hydrogen) atoms. The van der Waals surface area contributed by atoms with Crippen molar-refractivity contribution in [1.82, 2.24) is 10.2 Å². The number of amides is 2. The van der Waals surface area contributed by atoms with Crippen LogP contribution in [0.5, 0.6) is 0 Å². The number of carbonyl (C=O) groups excluding carboxylic acids is 2. The monoisotopic (exact) mass is 267 g/mol. The third-order valence-corrected chi connectivity index (χ3v) is 2.57. The standard InChI is InChI=1S/C11H13N3O3S/c1-3-4-12-7-8-9(15)13-11(18)14(10(8)16)5-6-17-2/h1,7-8H,4-6H2,2H3,(H,13,15,18)/t8-/m1/s1. The lowest BCUT2D eigenvalue weighted by Gasteiger charge is -2.30. The minimum atomic E-state index is -0.984. The molecule has 0 radical (unpaired) electrons. The third kappa shape index (κ3) is 3.35. The zero-order valence-corrected chi connectivity index (χ0v) is 10.7. The highest BCUT2D eigenvalue weighted by Gasteiger charge is 2.37. The maximum Gasteiger partial charge on any atom is 0.246 e. The first-order valence-corrected chi connectivity index (χ1v) is 5.61. The Bertz CT molecular complexity index is 428. The van der Waals surface area contributed by atoms with Crippen LogP contribution < -0.4 is 5.32 Å². The Morgan fingerprint density at radius 2 is 2.39 bits per heavy atom. The number of thiocarbonyl (C=S) groups is 1. The lowest BCUT2D eigenvalue weighted by Crippen LogP contribution is -2.58. The Kier molecular flexibility index (Phi) is 5.42. The van der Waals surface area contributed by atoms with E-state index in [9.17, 15) is 9.59 Å². The predicted octanol–water partition coefficient (Wildman–Crippen LogP) is -0.804. The Balaban J connectivity index is 2.79. The van der Waals surface area contributed by atoms with E-state index in [1.165, 1.54) is 18.2 Å². The number of rotatable bonds is 5. The molecule has 0 spiro atoms. The predicted molar refractivity (Wildman–Crippen MR) is 70.0 cm³/mol. The fourth-order valence-electron chi connectivity index (χ4n) is 1.37. The smallest absolute Gasteiger partial charge is 0.246 e. The first kappa shape index (κ1) is 14.3. The molecule has 2 amide bonds. The molecule has 1 aliphatic heterocycles. The number of hydrogen-bond donors (Lipinski definition) is 1. The van der Waals surface area contributed by atoms with Gasteiger partial charge in [0.05, 0.1) is 19.7 Å². The van der Waals surface area contributed by atoms with Crippen LogP contribution in [-0.4, -0.2) is 54.8 Å². The molecule has 1 N–H and O–H groups in total. The summed E-state index contributed by atoms with van der Waals surface area (Å²) < 4.78 is 4.88. The van der Waals surface area contributed by atoms with Crippen molar-refractivity contribution in [3.05, 3.63) is 0 Å². The van der Waals surface area contributed by atoms with Gasteiger partial charge < -0.3 is 10.1 Å². The average Bonchev–Trinajstić information content (AvgIpc) is 2.33. The second kappa shape index (κ2) is 6.83. The van der Waals surface area contributed by atoms with Gasteiger partial charge in [0.25, 0.3) is 0 Å². The van der Waals surface area contributed by atoms with Gasteiger partial charge in [-0.15, -0.1) is 6.42 Å². The van der Waals surface area contributed by atoms with Crippen LogP contribution in [0.4, 0.5) is 0 Å². The fraction of sp³-hybridized carbons (Fsp3) is 0.455. The largest absolute Gasteiger partial charge is 0.383 e. The number of methoxy groups -OCH3 is 1. The summed E-state index contributed by atoms with van der Waals surface area (Å²) in [6.45, 7) is 0.740. The van der Waals surface area contributed by atoms with Gasteiger partial charge in [-0.3, -0.25) is 19.5 Å². The minimum absolute atomic E-state index is 0.0867. The molecule has 1 aliphatic rings. The van der Waals surface area contributed by atoms with Gasteiger partial charge in [-0.05, 0) is 12.2 Å². The number of carbonyl (C=O) groups is 2. The van der Waals surface area contributed by atoms with Crippen LogP contribution in [0.2, 0.25) is 0 Å². The number of hydrogen-bond acceptors (Lipinski definition) is 5. The number of terminal acetylenes is 1. The molecule has 0 aromatic heterocycles. The molecule has 0 aliphatic carbocycles. The van der Waals surface area contributed by atoms with Crippen molar-refractivity contribution in [2.24, 2.45) is 10.9 Å². The molecule has 1 heterocycles. The van der Waals surface area contributed by atoms with Crippen molar-refractivity contribution in [2.45, 2.75) is 0 Å². The molecule has 7 heteroatoms. The van der Waals surface area contributed by atoms with E-state index in [1.54, 1.807) is 0 Å². The second-order valence-corrected chi connectivity index (χ2v) is 3.84. The lowest BCUT2D eigenvalue weighted by atomic mass is 10.1. The average molecular weight is 267 g/mol. The molecule has 1 fully saturated rings. The van der Waals surface area contributed by atoms with Crippen LogP contribution in [0.25, 0.3) is 0 Å². The van der Waals surface area contributed by atoms with Crippen molar-refractivity contribution in [2.75, 3.05) is 26.8 Å². The Morgan fingerprint density at radius 1 is 1.67 bits per heavy atom. The van der Waals surface area contributed by atoms with Gasteiger partial charge in [0.2, 0.25) is 11.8 Å². The van der Waals surface area contributed by atoms with Gasteiger partial charge in [-0.2, -0.15) is 0 Å². The van der Waals surface area contributed by atoms with E-state index in [1.807, 2.05) is 0 Å².